The summed E-state index contributed by atoms with van der Waals surface area (Å²) in [5.74, 6) is 0.714. The molecular weight excluding hydrogens is 390 g/mol. The number of fused-ring (bicyclic) bond motifs is 3. The van der Waals surface area contributed by atoms with Crippen molar-refractivity contribution in [3.63, 3.8) is 0 Å². The van der Waals surface area contributed by atoms with Crippen molar-refractivity contribution in [1.29, 1.82) is 0 Å². The molecular formula is C29H19N3. The quantitative estimate of drug-likeness (QED) is 0.291. The molecule has 0 aliphatic heterocycles. The highest BCUT2D eigenvalue weighted by Crippen LogP contribution is 2.33. The maximum Gasteiger partial charge on any atom is 0.161 e. The second kappa shape index (κ2) is 7.71. The molecule has 0 saturated carbocycles. The Morgan fingerprint density at radius 2 is 1.19 bits per heavy atom. The number of aromatic nitrogens is 3. The lowest BCUT2D eigenvalue weighted by molar-refractivity contribution is 1.19. The van der Waals surface area contributed by atoms with Crippen LogP contribution < -0.4 is 0 Å². The van der Waals surface area contributed by atoms with E-state index in [2.05, 4.69) is 71.7 Å². The van der Waals surface area contributed by atoms with E-state index in [9.17, 15) is 0 Å². The summed E-state index contributed by atoms with van der Waals surface area (Å²) in [6.45, 7) is 0. The van der Waals surface area contributed by atoms with E-state index in [0.717, 1.165) is 49.8 Å². The zero-order valence-corrected chi connectivity index (χ0v) is 17.3. The van der Waals surface area contributed by atoms with Gasteiger partial charge >= 0.3 is 0 Å². The molecule has 0 N–H and O–H groups in total. The largest absolute Gasteiger partial charge is 0.256 e. The smallest absolute Gasteiger partial charge is 0.161 e. The molecule has 0 amide bonds. The fourth-order valence-corrected chi connectivity index (χ4v) is 4.18. The second-order valence-electron chi connectivity index (χ2n) is 7.74. The van der Waals surface area contributed by atoms with Gasteiger partial charge in [-0.2, -0.15) is 0 Å². The van der Waals surface area contributed by atoms with Crippen LogP contribution in [0.4, 0.5) is 0 Å². The first kappa shape index (κ1) is 18.4. The van der Waals surface area contributed by atoms with Crippen LogP contribution in [0.25, 0.3) is 55.6 Å². The van der Waals surface area contributed by atoms with Crippen molar-refractivity contribution in [1.82, 2.24) is 15.0 Å². The number of pyridine rings is 1. The number of hydrogen-bond acceptors (Lipinski definition) is 3. The normalized spacial score (nSPS) is 11.1. The number of rotatable bonds is 3. The SMILES string of the molecule is c1ccc(-c2cc(-c3ccccc3)nc(-c3cccc4c3ccc3cccnc34)n2)cc1. The molecule has 32 heavy (non-hydrogen) atoms. The molecule has 0 radical (unpaired) electrons. The van der Waals surface area contributed by atoms with Gasteiger partial charge in [-0.1, -0.05) is 97.1 Å². The molecule has 3 nitrogen and oxygen atoms in total. The first-order valence-electron chi connectivity index (χ1n) is 10.6. The fourth-order valence-electron chi connectivity index (χ4n) is 4.18. The molecule has 0 atom stereocenters. The maximum absolute atomic E-state index is 5.00. The zero-order chi connectivity index (χ0) is 21.3. The van der Waals surface area contributed by atoms with Gasteiger partial charge in [-0.25, -0.2) is 9.97 Å². The summed E-state index contributed by atoms with van der Waals surface area (Å²) < 4.78 is 0. The molecule has 0 unspecified atom stereocenters. The van der Waals surface area contributed by atoms with E-state index in [4.69, 9.17) is 9.97 Å². The molecule has 0 saturated heterocycles. The number of nitrogens with zero attached hydrogens (tertiary/aromatic N) is 3. The third-order valence-corrected chi connectivity index (χ3v) is 5.74. The first-order valence-corrected chi connectivity index (χ1v) is 10.6. The van der Waals surface area contributed by atoms with Crippen LogP contribution in [0.1, 0.15) is 0 Å². The standard InChI is InChI=1S/C29H19N3/c1-3-9-20(10-4-1)26-19-27(21-11-5-2-6-12-21)32-29(31-26)25-15-7-14-24-23(25)17-16-22-13-8-18-30-28(22)24/h1-19H. The summed E-state index contributed by atoms with van der Waals surface area (Å²) in [5, 5.41) is 3.33. The van der Waals surface area contributed by atoms with E-state index in [1.165, 1.54) is 0 Å². The van der Waals surface area contributed by atoms with Gasteiger partial charge in [-0.3, -0.25) is 4.98 Å². The van der Waals surface area contributed by atoms with Crippen molar-refractivity contribution < 1.29 is 0 Å². The summed E-state index contributed by atoms with van der Waals surface area (Å²) in [7, 11) is 0. The third kappa shape index (κ3) is 3.21. The van der Waals surface area contributed by atoms with Gasteiger partial charge in [-0.05, 0) is 17.5 Å². The summed E-state index contributed by atoms with van der Waals surface area (Å²) in [6, 6.07) is 37.2. The Balaban J connectivity index is 1.63. The van der Waals surface area contributed by atoms with E-state index >= 15 is 0 Å². The lowest BCUT2D eigenvalue weighted by atomic mass is 10.00. The Morgan fingerprint density at radius 1 is 0.500 bits per heavy atom. The van der Waals surface area contributed by atoms with Crippen LogP contribution in [0, 0.1) is 0 Å². The monoisotopic (exact) mass is 409 g/mol. The van der Waals surface area contributed by atoms with Gasteiger partial charge in [0.2, 0.25) is 0 Å². The summed E-state index contributed by atoms with van der Waals surface area (Å²) in [6.07, 6.45) is 1.84. The molecule has 150 valence electrons. The van der Waals surface area contributed by atoms with Crippen LogP contribution in [0.2, 0.25) is 0 Å². The number of benzene rings is 4. The van der Waals surface area contributed by atoms with E-state index in [0.29, 0.717) is 5.82 Å². The average Bonchev–Trinajstić information content (AvgIpc) is 2.89. The molecule has 0 aliphatic rings. The molecule has 6 rings (SSSR count). The summed E-state index contributed by atoms with van der Waals surface area (Å²) >= 11 is 0. The zero-order valence-electron chi connectivity index (χ0n) is 17.3. The molecule has 0 aliphatic carbocycles. The van der Waals surface area contributed by atoms with Crippen LogP contribution >= 0.6 is 0 Å². The minimum atomic E-state index is 0.714. The lowest BCUT2D eigenvalue weighted by Crippen LogP contribution is -1.96. The van der Waals surface area contributed by atoms with Crippen LogP contribution in [0.15, 0.2) is 115 Å². The Labute approximate surface area is 186 Å². The Hall–Kier alpha value is -4.37. The predicted molar refractivity (Wildman–Crippen MR) is 131 cm³/mol. The van der Waals surface area contributed by atoms with Crippen molar-refractivity contribution >= 4 is 21.7 Å². The van der Waals surface area contributed by atoms with Gasteiger partial charge in [0.25, 0.3) is 0 Å². The highest BCUT2D eigenvalue weighted by molar-refractivity contribution is 6.09. The van der Waals surface area contributed by atoms with E-state index in [1.54, 1.807) is 0 Å². The minimum Gasteiger partial charge on any atom is -0.256 e. The van der Waals surface area contributed by atoms with Gasteiger partial charge in [-0.15, -0.1) is 0 Å². The van der Waals surface area contributed by atoms with Crippen molar-refractivity contribution in [3.8, 4) is 33.9 Å². The third-order valence-electron chi connectivity index (χ3n) is 5.74. The minimum absolute atomic E-state index is 0.714. The highest BCUT2D eigenvalue weighted by Gasteiger charge is 2.13. The van der Waals surface area contributed by atoms with E-state index in [1.807, 2.05) is 48.7 Å². The van der Waals surface area contributed by atoms with Gasteiger partial charge < -0.3 is 0 Å². The molecule has 6 aromatic rings. The molecule has 2 heterocycles. The molecule has 3 heteroatoms. The van der Waals surface area contributed by atoms with Gasteiger partial charge in [0.15, 0.2) is 5.82 Å². The molecule has 4 aromatic carbocycles. The summed E-state index contributed by atoms with van der Waals surface area (Å²) in [5.41, 5.74) is 5.96. The van der Waals surface area contributed by atoms with Crippen molar-refractivity contribution in [2.45, 2.75) is 0 Å². The predicted octanol–water partition coefficient (Wildman–Crippen LogP) is 7.18. The lowest BCUT2D eigenvalue weighted by Gasteiger charge is -2.12. The Bertz CT molecular complexity index is 1500. The van der Waals surface area contributed by atoms with Crippen LogP contribution in [-0.2, 0) is 0 Å². The summed E-state index contributed by atoms with van der Waals surface area (Å²) in [4.78, 5) is 14.6. The van der Waals surface area contributed by atoms with Gasteiger partial charge in [0.05, 0.1) is 16.9 Å². The maximum atomic E-state index is 5.00. The molecule has 0 bridgehead atoms. The topological polar surface area (TPSA) is 38.7 Å². The van der Waals surface area contributed by atoms with Crippen LogP contribution in [-0.4, -0.2) is 15.0 Å². The van der Waals surface area contributed by atoms with Gasteiger partial charge in [0, 0.05) is 33.7 Å². The average molecular weight is 409 g/mol. The molecule has 0 fully saturated rings. The fraction of sp³-hybridized carbons (Fsp3) is 0. The number of hydrogen-bond donors (Lipinski definition) is 0. The highest BCUT2D eigenvalue weighted by atomic mass is 14.9. The Morgan fingerprint density at radius 3 is 1.88 bits per heavy atom. The van der Waals surface area contributed by atoms with E-state index in [-0.39, 0.29) is 0 Å². The molecule has 2 aromatic heterocycles. The Kier molecular flexibility index (Phi) is 4.43. The van der Waals surface area contributed by atoms with Crippen LogP contribution in [0.3, 0.4) is 0 Å². The van der Waals surface area contributed by atoms with E-state index < -0.39 is 0 Å². The molecule has 0 spiro atoms. The second-order valence-corrected chi connectivity index (χ2v) is 7.74. The van der Waals surface area contributed by atoms with Crippen molar-refractivity contribution in [3.05, 3.63) is 115 Å². The van der Waals surface area contributed by atoms with Crippen molar-refractivity contribution in [2.24, 2.45) is 0 Å². The first-order chi connectivity index (χ1) is 15.9. The van der Waals surface area contributed by atoms with Crippen LogP contribution in [0.5, 0.6) is 0 Å². The van der Waals surface area contributed by atoms with Gasteiger partial charge in [0.1, 0.15) is 0 Å². The van der Waals surface area contributed by atoms with Crippen molar-refractivity contribution in [2.75, 3.05) is 0 Å².